The summed E-state index contributed by atoms with van der Waals surface area (Å²) in [5, 5.41) is 10.2. The third-order valence-corrected chi connectivity index (χ3v) is 4.07. The van der Waals surface area contributed by atoms with E-state index in [1.165, 1.54) is 0 Å². The van der Waals surface area contributed by atoms with Gasteiger partial charge in [-0.05, 0) is 43.9 Å². The van der Waals surface area contributed by atoms with Crippen LogP contribution in [-0.4, -0.2) is 21.7 Å². The highest BCUT2D eigenvalue weighted by Crippen LogP contribution is 2.28. The van der Waals surface area contributed by atoms with E-state index < -0.39 is 5.91 Å². The van der Waals surface area contributed by atoms with Crippen molar-refractivity contribution in [3.8, 4) is 0 Å². The van der Waals surface area contributed by atoms with Crippen LogP contribution in [0.5, 0.6) is 0 Å². The minimum Gasteiger partial charge on any atom is -0.368 e. The van der Waals surface area contributed by atoms with E-state index in [9.17, 15) is 9.59 Å². The second kappa shape index (κ2) is 6.74. The van der Waals surface area contributed by atoms with Gasteiger partial charge >= 0.3 is 6.03 Å². The van der Waals surface area contributed by atoms with E-state index in [1.54, 1.807) is 4.68 Å². The fourth-order valence-electron chi connectivity index (χ4n) is 2.94. The highest BCUT2D eigenvalue weighted by Gasteiger charge is 2.25. The number of aryl methyl sites for hydroxylation is 2. The Bertz CT molecular complexity index is 751. The molecule has 1 heterocycles. The van der Waals surface area contributed by atoms with Crippen LogP contribution in [0.2, 0.25) is 0 Å². The number of nitrogens with two attached hydrogens (primary N) is 1. The minimum atomic E-state index is -0.434. The first kappa shape index (κ1) is 16.0. The molecule has 2 aromatic rings. The van der Waals surface area contributed by atoms with Gasteiger partial charge in [0.25, 0.3) is 0 Å². The number of rotatable bonds is 4. The van der Waals surface area contributed by atoms with Gasteiger partial charge in [-0.1, -0.05) is 17.7 Å². The highest BCUT2D eigenvalue weighted by atomic mass is 16.2. The lowest BCUT2D eigenvalue weighted by Crippen LogP contribution is -2.34. The number of aromatic nitrogens is 2. The van der Waals surface area contributed by atoms with Gasteiger partial charge in [0.1, 0.15) is 6.54 Å². The molecule has 0 aliphatic heterocycles. The highest BCUT2D eigenvalue weighted by molar-refractivity contribution is 5.89. The van der Waals surface area contributed by atoms with E-state index >= 15 is 0 Å². The van der Waals surface area contributed by atoms with E-state index in [0.717, 1.165) is 41.8 Å². The number of nitrogens with one attached hydrogen (secondary N) is 2. The van der Waals surface area contributed by atoms with Crippen molar-refractivity contribution in [3.05, 3.63) is 47.3 Å². The average molecular weight is 327 g/mol. The normalized spacial score (nSPS) is 16.3. The Kier molecular flexibility index (Phi) is 4.50. The monoisotopic (exact) mass is 327 g/mol. The average Bonchev–Trinajstić information content (AvgIpc) is 2.92. The Balaban J connectivity index is 1.67. The molecule has 1 aliphatic carbocycles. The number of benzene rings is 1. The molecule has 3 rings (SSSR count). The molecule has 1 atom stereocenters. The van der Waals surface area contributed by atoms with Gasteiger partial charge in [0.05, 0.1) is 11.7 Å². The zero-order valence-corrected chi connectivity index (χ0v) is 13.6. The molecule has 3 amide bonds. The van der Waals surface area contributed by atoms with Gasteiger partial charge in [-0.25, -0.2) is 4.79 Å². The minimum absolute atomic E-state index is 0.0509. The fourth-order valence-corrected chi connectivity index (χ4v) is 2.94. The van der Waals surface area contributed by atoms with Crippen molar-refractivity contribution in [2.75, 3.05) is 5.32 Å². The van der Waals surface area contributed by atoms with Gasteiger partial charge in [-0.15, -0.1) is 0 Å². The second-order valence-corrected chi connectivity index (χ2v) is 6.11. The Morgan fingerprint density at radius 2 is 2.08 bits per heavy atom. The largest absolute Gasteiger partial charge is 0.368 e. The first-order chi connectivity index (χ1) is 11.5. The van der Waals surface area contributed by atoms with Crippen molar-refractivity contribution in [1.29, 1.82) is 0 Å². The van der Waals surface area contributed by atoms with Gasteiger partial charge in [0.15, 0.2) is 0 Å². The summed E-state index contributed by atoms with van der Waals surface area (Å²) < 4.78 is 1.55. The van der Waals surface area contributed by atoms with Crippen molar-refractivity contribution in [1.82, 2.24) is 15.1 Å². The molecule has 0 saturated heterocycles. The van der Waals surface area contributed by atoms with E-state index in [-0.39, 0.29) is 18.6 Å². The molecule has 24 heavy (non-hydrogen) atoms. The molecule has 7 nitrogen and oxygen atoms in total. The predicted molar refractivity (Wildman–Crippen MR) is 90.4 cm³/mol. The predicted octanol–water partition coefficient (Wildman–Crippen LogP) is 1.88. The van der Waals surface area contributed by atoms with Gasteiger partial charge in [-0.3, -0.25) is 9.48 Å². The third kappa shape index (κ3) is 3.73. The van der Waals surface area contributed by atoms with Crippen LogP contribution in [-0.2, 0) is 17.8 Å². The van der Waals surface area contributed by atoms with Gasteiger partial charge < -0.3 is 16.4 Å². The van der Waals surface area contributed by atoms with Crippen LogP contribution in [0.25, 0.3) is 0 Å². The van der Waals surface area contributed by atoms with Crippen LogP contribution in [0.15, 0.2) is 30.5 Å². The Hall–Kier alpha value is -2.83. The van der Waals surface area contributed by atoms with Crippen LogP contribution >= 0.6 is 0 Å². The maximum Gasteiger partial charge on any atom is 0.319 e. The Morgan fingerprint density at radius 1 is 1.33 bits per heavy atom. The fraction of sp³-hybridized carbons (Fsp3) is 0.353. The molecule has 7 heteroatoms. The number of urea groups is 1. The topological polar surface area (TPSA) is 102 Å². The molecular formula is C17H21N5O2. The molecule has 0 bridgehead atoms. The molecule has 0 fully saturated rings. The van der Waals surface area contributed by atoms with Crippen LogP contribution in [0.4, 0.5) is 10.5 Å². The molecule has 1 aromatic heterocycles. The summed E-state index contributed by atoms with van der Waals surface area (Å²) in [7, 11) is 0. The van der Waals surface area contributed by atoms with Gasteiger partial charge in [0.2, 0.25) is 5.91 Å². The standard InChI is InChI=1S/C17H21N5O2/c1-11-5-7-13(8-6-11)19-17(24)20-14-4-2-3-12-9-22(10-15(18)23)21-16(12)14/h5-9,14H,2-4,10H2,1H3,(H2,18,23)(H2,19,20,24). The van der Waals surface area contributed by atoms with Gasteiger partial charge in [-0.2, -0.15) is 5.10 Å². The lowest BCUT2D eigenvalue weighted by atomic mass is 9.94. The number of hydrogen-bond acceptors (Lipinski definition) is 3. The lowest BCUT2D eigenvalue weighted by Gasteiger charge is -2.22. The maximum absolute atomic E-state index is 12.2. The van der Waals surface area contributed by atoms with Crippen molar-refractivity contribution < 1.29 is 9.59 Å². The van der Waals surface area contributed by atoms with Crippen molar-refractivity contribution in [2.24, 2.45) is 5.73 Å². The zero-order valence-electron chi connectivity index (χ0n) is 13.6. The van der Waals surface area contributed by atoms with Crippen LogP contribution in [0, 0.1) is 6.92 Å². The first-order valence-corrected chi connectivity index (χ1v) is 8.00. The summed E-state index contributed by atoms with van der Waals surface area (Å²) in [6, 6.07) is 7.19. The summed E-state index contributed by atoms with van der Waals surface area (Å²) in [6.07, 6.45) is 4.52. The van der Waals surface area contributed by atoms with Crippen molar-refractivity contribution in [2.45, 2.75) is 38.8 Å². The summed E-state index contributed by atoms with van der Waals surface area (Å²) in [4.78, 5) is 23.3. The molecule has 1 aromatic carbocycles. The number of hydrogen-bond donors (Lipinski definition) is 3. The van der Waals surface area contributed by atoms with E-state index in [1.807, 2.05) is 37.4 Å². The molecule has 0 saturated carbocycles. The van der Waals surface area contributed by atoms with Crippen LogP contribution < -0.4 is 16.4 Å². The second-order valence-electron chi connectivity index (χ2n) is 6.11. The van der Waals surface area contributed by atoms with Crippen molar-refractivity contribution in [3.63, 3.8) is 0 Å². The number of nitrogens with zero attached hydrogens (tertiary/aromatic N) is 2. The van der Waals surface area contributed by atoms with Crippen LogP contribution in [0.3, 0.4) is 0 Å². The molecule has 1 unspecified atom stereocenters. The SMILES string of the molecule is Cc1ccc(NC(=O)NC2CCCc3cn(CC(N)=O)nc32)cc1. The zero-order chi connectivity index (χ0) is 17.1. The molecule has 0 radical (unpaired) electrons. The number of anilines is 1. The summed E-state index contributed by atoms with van der Waals surface area (Å²) in [5.74, 6) is -0.434. The van der Waals surface area contributed by atoms with Crippen molar-refractivity contribution >= 4 is 17.6 Å². The molecule has 1 aliphatic rings. The lowest BCUT2D eigenvalue weighted by molar-refractivity contribution is -0.118. The van der Waals surface area contributed by atoms with E-state index in [4.69, 9.17) is 5.73 Å². The molecule has 126 valence electrons. The summed E-state index contributed by atoms with van der Waals surface area (Å²) in [6.45, 7) is 2.05. The van der Waals surface area contributed by atoms with E-state index in [0.29, 0.717) is 0 Å². The number of primary amides is 1. The Labute approximate surface area is 140 Å². The molecule has 0 spiro atoms. The van der Waals surface area contributed by atoms with Crippen LogP contribution in [0.1, 0.15) is 35.7 Å². The third-order valence-electron chi connectivity index (χ3n) is 4.07. The number of fused-ring (bicyclic) bond motifs is 1. The molecule has 4 N–H and O–H groups in total. The number of carbonyl (C=O) groups excluding carboxylic acids is 2. The first-order valence-electron chi connectivity index (χ1n) is 8.00. The maximum atomic E-state index is 12.2. The molecular weight excluding hydrogens is 306 g/mol. The number of amides is 3. The Morgan fingerprint density at radius 3 is 2.79 bits per heavy atom. The number of carbonyl (C=O) groups is 2. The summed E-state index contributed by atoms with van der Waals surface area (Å²) >= 11 is 0. The van der Waals surface area contributed by atoms with E-state index in [2.05, 4.69) is 15.7 Å². The van der Waals surface area contributed by atoms with Gasteiger partial charge in [0, 0.05) is 11.9 Å². The smallest absolute Gasteiger partial charge is 0.319 e. The summed E-state index contributed by atoms with van der Waals surface area (Å²) in [5.41, 5.74) is 8.97. The quantitative estimate of drug-likeness (QED) is 0.799.